The summed E-state index contributed by atoms with van der Waals surface area (Å²) in [6, 6.07) is 10.3. The van der Waals surface area contributed by atoms with Gasteiger partial charge in [-0.3, -0.25) is 4.79 Å². The van der Waals surface area contributed by atoms with Crippen molar-refractivity contribution in [2.45, 2.75) is 25.3 Å². The van der Waals surface area contributed by atoms with Gasteiger partial charge < -0.3 is 10.6 Å². The number of benzene rings is 1. The first-order valence-corrected chi connectivity index (χ1v) is 5.91. The highest BCUT2D eigenvalue weighted by atomic mass is 16.2. The molecule has 1 aliphatic heterocycles. The predicted molar refractivity (Wildman–Crippen MR) is 64.2 cm³/mol. The Morgan fingerprint density at radius 3 is 2.88 bits per heavy atom. The van der Waals surface area contributed by atoms with Gasteiger partial charge in [0.05, 0.1) is 6.04 Å². The smallest absolute Gasteiger partial charge is 0.237 e. The molecule has 1 amide bonds. The molecule has 1 aromatic carbocycles. The molecule has 16 heavy (non-hydrogen) atoms. The SMILES string of the molecule is O=C(NCCc1ccccc1)C1CCCN1. The Hall–Kier alpha value is -1.35. The minimum absolute atomic E-state index is 0.0378. The molecule has 0 spiro atoms. The minimum atomic E-state index is 0.0378. The Bertz CT molecular complexity index is 331. The van der Waals surface area contributed by atoms with Gasteiger partial charge in [-0.05, 0) is 31.4 Å². The van der Waals surface area contributed by atoms with Gasteiger partial charge in [-0.1, -0.05) is 30.3 Å². The van der Waals surface area contributed by atoms with Crippen molar-refractivity contribution < 1.29 is 4.79 Å². The standard InChI is InChI=1S/C13H18N2O/c16-13(12-7-4-9-14-12)15-10-8-11-5-2-1-3-6-11/h1-3,5-6,12,14H,4,7-10H2,(H,15,16). The summed E-state index contributed by atoms with van der Waals surface area (Å²) in [7, 11) is 0. The van der Waals surface area contributed by atoms with Gasteiger partial charge in [-0.2, -0.15) is 0 Å². The van der Waals surface area contributed by atoms with Crippen LogP contribution in [0.15, 0.2) is 30.3 Å². The highest BCUT2D eigenvalue weighted by Gasteiger charge is 2.20. The van der Waals surface area contributed by atoms with E-state index in [4.69, 9.17) is 0 Å². The van der Waals surface area contributed by atoms with Crippen LogP contribution in [0.25, 0.3) is 0 Å². The average molecular weight is 218 g/mol. The summed E-state index contributed by atoms with van der Waals surface area (Å²) in [6.45, 7) is 1.69. The van der Waals surface area contributed by atoms with E-state index in [9.17, 15) is 4.79 Å². The summed E-state index contributed by atoms with van der Waals surface area (Å²) in [5, 5.41) is 6.16. The Kier molecular flexibility index (Phi) is 3.94. The Morgan fingerprint density at radius 2 is 2.19 bits per heavy atom. The summed E-state index contributed by atoms with van der Waals surface area (Å²) in [6.07, 6.45) is 2.98. The summed E-state index contributed by atoms with van der Waals surface area (Å²) in [4.78, 5) is 11.7. The van der Waals surface area contributed by atoms with Crippen molar-refractivity contribution in [3.8, 4) is 0 Å². The second-order valence-corrected chi connectivity index (χ2v) is 4.18. The van der Waals surface area contributed by atoms with Crippen molar-refractivity contribution >= 4 is 5.91 Å². The molecule has 3 nitrogen and oxygen atoms in total. The van der Waals surface area contributed by atoms with Gasteiger partial charge in [-0.15, -0.1) is 0 Å². The van der Waals surface area contributed by atoms with E-state index < -0.39 is 0 Å². The Balaban J connectivity index is 1.70. The second kappa shape index (κ2) is 5.66. The van der Waals surface area contributed by atoms with Crippen LogP contribution in [-0.2, 0) is 11.2 Å². The molecular formula is C13H18N2O. The van der Waals surface area contributed by atoms with E-state index in [0.29, 0.717) is 0 Å². The zero-order chi connectivity index (χ0) is 11.2. The second-order valence-electron chi connectivity index (χ2n) is 4.18. The quantitative estimate of drug-likeness (QED) is 0.794. The predicted octanol–water partition coefficient (Wildman–Crippen LogP) is 1.10. The van der Waals surface area contributed by atoms with Gasteiger partial charge in [0.2, 0.25) is 5.91 Å². The fourth-order valence-electron chi connectivity index (χ4n) is 2.01. The number of carbonyl (C=O) groups is 1. The maximum Gasteiger partial charge on any atom is 0.237 e. The van der Waals surface area contributed by atoms with E-state index in [0.717, 1.165) is 32.4 Å². The number of rotatable bonds is 4. The summed E-state index contributed by atoms with van der Waals surface area (Å²) in [5.74, 6) is 0.147. The van der Waals surface area contributed by atoms with Gasteiger partial charge in [0, 0.05) is 6.54 Å². The van der Waals surface area contributed by atoms with E-state index in [1.54, 1.807) is 0 Å². The van der Waals surface area contributed by atoms with E-state index in [-0.39, 0.29) is 11.9 Å². The largest absolute Gasteiger partial charge is 0.354 e. The van der Waals surface area contributed by atoms with Crippen molar-refractivity contribution in [2.75, 3.05) is 13.1 Å². The molecule has 1 atom stereocenters. The van der Waals surface area contributed by atoms with Crippen LogP contribution < -0.4 is 10.6 Å². The maximum atomic E-state index is 11.7. The summed E-state index contributed by atoms with van der Waals surface area (Å²) >= 11 is 0. The highest BCUT2D eigenvalue weighted by Crippen LogP contribution is 2.04. The van der Waals surface area contributed by atoms with Crippen LogP contribution >= 0.6 is 0 Å². The van der Waals surface area contributed by atoms with Crippen molar-refractivity contribution in [3.05, 3.63) is 35.9 Å². The molecule has 1 heterocycles. The molecule has 0 saturated carbocycles. The molecule has 1 aromatic rings. The molecule has 2 rings (SSSR count). The monoisotopic (exact) mass is 218 g/mol. The molecule has 86 valence electrons. The number of carbonyl (C=O) groups excluding carboxylic acids is 1. The lowest BCUT2D eigenvalue weighted by Crippen LogP contribution is -2.41. The van der Waals surface area contributed by atoms with Crippen LogP contribution in [0.2, 0.25) is 0 Å². The van der Waals surface area contributed by atoms with Crippen molar-refractivity contribution in [2.24, 2.45) is 0 Å². The first kappa shape index (κ1) is 11.1. The van der Waals surface area contributed by atoms with Gasteiger partial charge in [0.15, 0.2) is 0 Å². The van der Waals surface area contributed by atoms with Gasteiger partial charge >= 0.3 is 0 Å². The minimum Gasteiger partial charge on any atom is -0.354 e. The Morgan fingerprint density at radius 1 is 1.38 bits per heavy atom. The zero-order valence-corrected chi connectivity index (χ0v) is 9.41. The van der Waals surface area contributed by atoms with Gasteiger partial charge in [-0.25, -0.2) is 0 Å². The van der Waals surface area contributed by atoms with E-state index in [1.165, 1.54) is 5.56 Å². The fourth-order valence-corrected chi connectivity index (χ4v) is 2.01. The van der Waals surface area contributed by atoms with Crippen LogP contribution in [0.1, 0.15) is 18.4 Å². The summed E-state index contributed by atoms with van der Waals surface area (Å²) in [5.41, 5.74) is 1.27. The van der Waals surface area contributed by atoms with Crippen LogP contribution in [-0.4, -0.2) is 25.0 Å². The number of hydrogen-bond donors (Lipinski definition) is 2. The third-order valence-electron chi connectivity index (χ3n) is 2.93. The number of amides is 1. The van der Waals surface area contributed by atoms with Crippen LogP contribution in [0, 0.1) is 0 Å². The summed E-state index contributed by atoms with van der Waals surface area (Å²) < 4.78 is 0. The zero-order valence-electron chi connectivity index (χ0n) is 9.41. The lowest BCUT2D eigenvalue weighted by atomic mass is 10.1. The highest BCUT2D eigenvalue weighted by molar-refractivity contribution is 5.81. The third-order valence-corrected chi connectivity index (χ3v) is 2.93. The first-order valence-electron chi connectivity index (χ1n) is 5.91. The normalized spacial score (nSPS) is 19.6. The lowest BCUT2D eigenvalue weighted by molar-refractivity contribution is -0.122. The molecule has 1 saturated heterocycles. The first-order chi connectivity index (χ1) is 7.86. The van der Waals surface area contributed by atoms with Gasteiger partial charge in [0.25, 0.3) is 0 Å². The molecule has 0 bridgehead atoms. The molecule has 0 aromatic heterocycles. The van der Waals surface area contributed by atoms with Crippen molar-refractivity contribution in [1.29, 1.82) is 0 Å². The van der Waals surface area contributed by atoms with Crippen molar-refractivity contribution in [3.63, 3.8) is 0 Å². The maximum absolute atomic E-state index is 11.7. The molecule has 2 N–H and O–H groups in total. The fraction of sp³-hybridized carbons (Fsp3) is 0.462. The molecule has 0 radical (unpaired) electrons. The van der Waals surface area contributed by atoms with Crippen molar-refractivity contribution in [1.82, 2.24) is 10.6 Å². The van der Waals surface area contributed by atoms with Crippen LogP contribution in [0.4, 0.5) is 0 Å². The molecule has 3 heteroatoms. The van der Waals surface area contributed by atoms with Crippen LogP contribution in [0.5, 0.6) is 0 Å². The average Bonchev–Trinajstić information content (AvgIpc) is 2.84. The van der Waals surface area contributed by atoms with E-state index in [1.807, 2.05) is 18.2 Å². The molecule has 1 unspecified atom stereocenters. The number of hydrogen-bond acceptors (Lipinski definition) is 2. The van der Waals surface area contributed by atoms with Gasteiger partial charge in [0.1, 0.15) is 0 Å². The van der Waals surface area contributed by atoms with Crippen LogP contribution in [0.3, 0.4) is 0 Å². The lowest BCUT2D eigenvalue weighted by Gasteiger charge is -2.10. The van der Waals surface area contributed by atoms with E-state index >= 15 is 0 Å². The Labute approximate surface area is 96.2 Å². The van der Waals surface area contributed by atoms with E-state index in [2.05, 4.69) is 22.8 Å². The molecular weight excluding hydrogens is 200 g/mol. The third kappa shape index (κ3) is 3.07. The molecule has 1 aliphatic rings. The molecule has 1 fully saturated rings. The topological polar surface area (TPSA) is 41.1 Å². The molecule has 0 aliphatic carbocycles. The number of nitrogens with one attached hydrogen (secondary N) is 2.